The van der Waals surface area contributed by atoms with Crippen LogP contribution in [0.25, 0.3) is 0 Å². The van der Waals surface area contributed by atoms with Gasteiger partial charge >= 0.3 is 0 Å². The molecule has 1 N–H and O–H groups in total. The molecule has 1 amide bonds. The molecule has 4 atom stereocenters. The van der Waals surface area contributed by atoms with E-state index >= 15 is 0 Å². The number of amides is 1. The van der Waals surface area contributed by atoms with Gasteiger partial charge in [-0.1, -0.05) is 38.5 Å². The van der Waals surface area contributed by atoms with Crippen LogP contribution in [0, 0.1) is 11.8 Å². The smallest absolute Gasteiger partial charge is 0.233 e. The van der Waals surface area contributed by atoms with E-state index < -0.39 is 0 Å². The van der Waals surface area contributed by atoms with Crippen LogP contribution in [0.1, 0.15) is 40.0 Å². The summed E-state index contributed by atoms with van der Waals surface area (Å²) < 4.78 is 0. The van der Waals surface area contributed by atoms with Crippen molar-refractivity contribution in [3.63, 3.8) is 0 Å². The van der Waals surface area contributed by atoms with E-state index in [4.69, 9.17) is 0 Å². The van der Waals surface area contributed by atoms with Crippen LogP contribution in [0.4, 0.5) is 0 Å². The van der Waals surface area contributed by atoms with E-state index in [-0.39, 0.29) is 11.2 Å². The fraction of sp³-hybridized carbons (Fsp3) is 0.667. The molecule has 1 fully saturated rings. The summed E-state index contributed by atoms with van der Waals surface area (Å²) in [5, 5.41) is 3.69. The van der Waals surface area contributed by atoms with Crippen LogP contribution >= 0.6 is 11.8 Å². The monoisotopic (exact) mass is 293 g/mol. The fourth-order valence-corrected chi connectivity index (χ4v) is 3.38. The van der Waals surface area contributed by atoms with E-state index in [9.17, 15) is 4.79 Å². The lowest BCUT2D eigenvalue weighted by Gasteiger charge is -2.35. The van der Waals surface area contributed by atoms with E-state index in [1.807, 2.05) is 6.92 Å². The summed E-state index contributed by atoms with van der Waals surface area (Å²) in [6, 6.07) is 2.09. The molecular formula is C15H23N3OS. The summed E-state index contributed by atoms with van der Waals surface area (Å²) >= 11 is 1.41. The van der Waals surface area contributed by atoms with Crippen LogP contribution < -0.4 is 5.32 Å². The summed E-state index contributed by atoms with van der Waals surface area (Å²) in [7, 11) is 0. The van der Waals surface area contributed by atoms with Crippen LogP contribution in [0.3, 0.4) is 0 Å². The summed E-state index contributed by atoms with van der Waals surface area (Å²) in [5.74, 6) is 1.33. The summed E-state index contributed by atoms with van der Waals surface area (Å²) in [4.78, 5) is 20.6. The molecule has 0 radical (unpaired) electrons. The molecule has 20 heavy (non-hydrogen) atoms. The molecule has 1 saturated carbocycles. The molecule has 0 aromatic carbocycles. The van der Waals surface area contributed by atoms with Gasteiger partial charge in [0.2, 0.25) is 5.91 Å². The van der Waals surface area contributed by atoms with E-state index in [0.29, 0.717) is 23.0 Å². The molecule has 0 unspecified atom stereocenters. The molecule has 0 saturated heterocycles. The summed E-state index contributed by atoms with van der Waals surface area (Å²) in [6.07, 6.45) is 6.97. The Bertz CT molecular complexity index is 440. The molecular weight excluding hydrogens is 270 g/mol. The fourth-order valence-electron chi connectivity index (χ4n) is 2.64. The third-order valence-corrected chi connectivity index (χ3v) is 5.22. The number of rotatable bonds is 4. The van der Waals surface area contributed by atoms with Gasteiger partial charge in [0.15, 0.2) is 5.16 Å². The maximum Gasteiger partial charge on any atom is 0.233 e. The van der Waals surface area contributed by atoms with Gasteiger partial charge in [-0.15, -0.1) is 0 Å². The van der Waals surface area contributed by atoms with Gasteiger partial charge in [0.05, 0.1) is 5.25 Å². The van der Waals surface area contributed by atoms with Crippen LogP contribution in [-0.4, -0.2) is 27.2 Å². The number of hydrogen-bond donors (Lipinski definition) is 1. The second-order valence-corrected chi connectivity index (χ2v) is 6.98. The molecule has 1 aromatic rings. The predicted octanol–water partition coefficient (Wildman–Crippen LogP) is 2.90. The standard InChI is InChI=1S/C15H23N3OS/c1-10-6-4-7-13(11(10)2)18-14(19)12(3)20-15-16-8-5-9-17-15/h5,8-13H,4,6-7H2,1-3H3,(H,18,19)/t10-,11+,12+,13-/m0/s1. The zero-order valence-corrected chi connectivity index (χ0v) is 13.2. The third kappa shape index (κ3) is 3.95. The Hall–Kier alpha value is -1.10. The topological polar surface area (TPSA) is 54.9 Å². The lowest BCUT2D eigenvalue weighted by Crippen LogP contribution is -2.46. The lowest BCUT2D eigenvalue weighted by atomic mass is 9.78. The Kier molecular flexibility index (Phi) is 5.40. The zero-order valence-electron chi connectivity index (χ0n) is 12.4. The minimum atomic E-state index is -0.165. The quantitative estimate of drug-likeness (QED) is 0.685. The van der Waals surface area contributed by atoms with E-state index in [0.717, 1.165) is 6.42 Å². The predicted molar refractivity (Wildman–Crippen MR) is 81.5 cm³/mol. The Balaban J connectivity index is 1.87. The largest absolute Gasteiger partial charge is 0.352 e. The highest BCUT2D eigenvalue weighted by molar-refractivity contribution is 8.00. The molecule has 1 aliphatic carbocycles. The molecule has 0 aliphatic heterocycles. The second-order valence-electron chi connectivity index (χ2n) is 5.67. The zero-order chi connectivity index (χ0) is 14.5. The molecule has 1 aliphatic rings. The molecule has 2 rings (SSSR count). The van der Waals surface area contributed by atoms with Crippen LogP contribution in [0.2, 0.25) is 0 Å². The lowest BCUT2D eigenvalue weighted by molar-refractivity contribution is -0.121. The minimum absolute atomic E-state index is 0.0911. The average molecular weight is 293 g/mol. The highest BCUT2D eigenvalue weighted by atomic mass is 32.2. The summed E-state index contributed by atoms with van der Waals surface area (Å²) in [5.41, 5.74) is 0. The van der Waals surface area contributed by atoms with E-state index in [1.165, 1.54) is 24.6 Å². The molecule has 0 spiro atoms. The Morgan fingerprint density at radius 3 is 2.75 bits per heavy atom. The molecule has 5 heteroatoms. The minimum Gasteiger partial charge on any atom is -0.352 e. The van der Waals surface area contributed by atoms with Gasteiger partial charge < -0.3 is 5.32 Å². The van der Waals surface area contributed by atoms with E-state index in [1.54, 1.807) is 18.5 Å². The van der Waals surface area contributed by atoms with Gasteiger partial charge in [0, 0.05) is 18.4 Å². The second kappa shape index (κ2) is 7.07. The maximum absolute atomic E-state index is 12.3. The maximum atomic E-state index is 12.3. The number of nitrogens with zero attached hydrogens (tertiary/aromatic N) is 2. The number of carbonyl (C=O) groups excluding carboxylic acids is 1. The highest BCUT2D eigenvalue weighted by Crippen LogP contribution is 2.30. The van der Waals surface area contributed by atoms with Crippen molar-refractivity contribution in [2.45, 2.75) is 56.5 Å². The first-order chi connectivity index (χ1) is 9.58. The van der Waals surface area contributed by atoms with Crippen molar-refractivity contribution in [1.82, 2.24) is 15.3 Å². The Labute approximate surface area is 125 Å². The van der Waals surface area contributed by atoms with Crippen molar-refractivity contribution < 1.29 is 4.79 Å². The van der Waals surface area contributed by atoms with Crippen LogP contribution in [0.15, 0.2) is 23.6 Å². The number of aromatic nitrogens is 2. The van der Waals surface area contributed by atoms with Crippen molar-refractivity contribution in [3.8, 4) is 0 Å². The van der Waals surface area contributed by atoms with Gasteiger partial charge in [-0.3, -0.25) is 4.79 Å². The van der Waals surface area contributed by atoms with Gasteiger partial charge in [-0.05, 0) is 31.2 Å². The van der Waals surface area contributed by atoms with Gasteiger partial charge in [-0.25, -0.2) is 9.97 Å². The SMILES string of the molecule is C[C@H]1[C@@H](NC(=O)[C@@H](C)Sc2ncccn2)CCC[C@@H]1C. The van der Waals surface area contributed by atoms with Crippen molar-refractivity contribution in [1.29, 1.82) is 0 Å². The average Bonchev–Trinajstić information content (AvgIpc) is 2.45. The highest BCUT2D eigenvalue weighted by Gasteiger charge is 2.29. The Morgan fingerprint density at radius 2 is 2.05 bits per heavy atom. The van der Waals surface area contributed by atoms with Crippen LogP contribution in [0.5, 0.6) is 0 Å². The molecule has 1 aromatic heterocycles. The van der Waals surface area contributed by atoms with Crippen molar-refractivity contribution in [2.75, 3.05) is 0 Å². The molecule has 1 heterocycles. The molecule has 0 bridgehead atoms. The normalized spacial score (nSPS) is 27.9. The number of nitrogens with one attached hydrogen (secondary N) is 1. The van der Waals surface area contributed by atoms with Gasteiger partial charge in [-0.2, -0.15) is 0 Å². The first kappa shape index (κ1) is 15.3. The first-order valence-electron chi connectivity index (χ1n) is 7.32. The van der Waals surface area contributed by atoms with E-state index in [2.05, 4.69) is 29.1 Å². The van der Waals surface area contributed by atoms with Crippen LogP contribution in [-0.2, 0) is 4.79 Å². The number of carbonyl (C=O) groups is 1. The number of hydrogen-bond acceptors (Lipinski definition) is 4. The Morgan fingerprint density at radius 1 is 1.35 bits per heavy atom. The van der Waals surface area contributed by atoms with Crippen molar-refractivity contribution in [2.24, 2.45) is 11.8 Å². The van der Waals surface area contributed by atoms with Crippen molar-refractivity contribution in [3.05, 3.63) is 18.5 Å². The van der Waals surface area contributed by atoms with Gasteiger partial charge in [0.1, 0.15) is 0 Å². The summed E-state index contributed by atoms with van der Waals surface area (Å²) in [6.45, 7) is 6.43. The number of thioether (sulfide) groups is 1. The molecule has 110 valence electrons. The van der Waals surface area contributed by atoms with Crippen molar-refractivity contribution >= 4 is 17.7 Å². The third-order valence-electron chi connectivity index (χ3n) is 4.23. The molecule has 4 nitrogen and oxygen atoms in total. The van der Waals surface area contributed by atoms with Gasteiger partial charge in [0.25, 0.3) is 0 Å². The first-order valence-corrected chi connectivity index (χ1v) is 8.20.